The number of carbonyl (C=O) groups is 2. The van der Waals surface area contributed by atoms with Crippen molar-refractivity contribution in [1.29, 1.82) is 0 Å². The van der Waals surface area contributed by atoms with Crippen LogP contribution in [0.3, 0.4) is 0 Å². The SMILES string of the molecule is COc1ccc(N2C(=O)CC(N3CCNCC3)C2=O)cc1. The van der Waals surface area contributed by atoms with E-state index in [4.69, 9.17) is 4.74 Å². The third-order valence-electron chi connectivity index (χ3n) is 4.05. The van der Waals surface area contributed by atoms with Gasteiger partial charge >= 0.3 is 0 Å². The van der Waals surface area contributed by atoms with Crippen molar-refractivity contribution in [2.24, 2.45) is 0 Å². The number of nitrogens with zero attached hydrogens (tertiary/aromatic N) is 2. The zero-order valence-corrected chi connectivity index (χ0v) is 12.0. The maximum atomic E-state index is 12.6. The van der Waals surface area contributed by atoms with Gasteiger partial charge in [-0.25, -0.2) is 4.90 Å². The quantitative estimate of drug-likeness (QED) is 0.807. The Morgan fingerprint density at radius 1 is 1.14 bits per heavy atom. The third-order valence-corrected chi connectivity index (χ3v) is 4.05. The molecule has 6 nitrogen and oxygen atoms in total. The molecule has 3 rings (SSSR count). The molecule has 21 heavy (non-hydrogen) atoms. The lowest BCUT2D eigenvalue weighted by Crippen LogP contribution is -2.51. The number of imide groups is 1. The Labute approximate surface area is 123 Å². The molecule has 6 heteroatoms. The molecule has 1 atom stereocenters. The monoisotopic (exact) mass is 289 g/mol. The van der Waals surface area contributed by atoms with Crippen molar-refractivity contribution < 1.29 is 14.3 Å². The lowest BCUT2D eigenvalue weighted by Gasteiger charge is -2.31. The third kappa shape index (κ3) is 2.64. The molecule has 112 valence electrons. The van der Waals surface area contributed by atoms with Gasteiger partial charge in [0.25, 0.3) is 5.91 Å². The van der Waals surface area contributed by atoms with Gasteiger partial charge in [-0.05, 0) is 24.3 Å². The van der Waals surface area contributed by atoms with E-state index >= 15 is 0 Å². The highest BCUT2D eigenvalue weighted by Crippen LogP contribution is 2.27. The van der Waals surface area contributed by atoms with E-state index in [-0.39, 0.29) is 24.3 Å². The van der Waals surface area contributed by atoms with Crippen LogP contribution in [0.25, 0.3) is 0 Å². The molecular weight excluding hydrogens is 270 g/mol. The summed E-state index contributed by atoms with van der Waals surface area (Å²) in [5, 5.41) is 3.25. The van der Waals surface area contributed by atoms with Crippen molar-refractivity contribution in [1.82, 2.24) is 10.2 Å². The summed E-state index contributed by atoms with van der Waals surface area (Å²) in [7, 11) is 1.58. The number of anilines is 1. The van der Waals surface area contributed by atoms with Crippen molar-refractivity contribution in [2.45, 2.75) is 12.5 Å². The lowest BCUT2D eigenvalue weighted by molar-refractivity contribution is -0.123. The first-order chi connectivity index (χ1) is 10.2. The Hall–Kier alpha value is -1.92. The minimum atomic E-state index is -0.318. The van der Waals surface area contributed by atoms with Gasteiger partial charge in [-0.2, -0.15) is 0 Å². The highest BCUT2D eigenvalue weighted by atomic mass is 16.5. The molecule has 1 N–H and O–H groups in total. The van der Waals surface area contributed by atoms with E-state index < -0.39 is 0 Å². The van der Waals surface area contributed by atoms with E-state index in [1.165, 1.54) is 4.90 Å². The van der Waals surface area contributed by atoms with Gasteiger partial charge in [-0.3, -0.25) is 14.5 Å². The Morgan fingerprint density at radius 2 is 1.81 bits per heavy atom. The summed E-state index contributed by atoms with van der Waals surface area (Å²) >= 11 is 0. The van der Waals surface area contributed by atoms with Crippen LogP contribution >= 0.6 is 0 Å². The summed E-state index contributed by atoms with van der Waals surface area (Å²) < 4.78 is 5.10. The van der Waals surface area contributed by atoms with E-state index in [0.29, 0.717) is 11.4 Å². The van der Waals surface area contributed by atoms with Crippen LogP contribution < -0.4 is 15.0 Å². The topological polar surface area (TPSA) is 61.9 Å². The van der Waals surface area contributed by atoms with Gasteiger partial charge in [-0.15, -0.1) is 0 Å². The zero-order chi connectivity index (χ0) is 14.8. The summed E-state index contributed by atoms with van der Waals surface area (Å²) in [6.07, 6.45) is 0.269. The van der Waals surface area contributed by atoms with Gasteiger partial charge in [0.15, 0.2) is 0 Å². The highest BCUT2D eigenvalue weighted by Gasteiger charge is 2.42. The first-order valence-electron chi connectivity index (χ1n) is 7.16. The van der Waals surface area contributed by atoms with Crippen LogP contribution in [0, 0.1) is 0 Å². The largest absolute Gasteiger partial charge is 0.497 e. The summed E-state index contributed by atoms with van der Waals surface area (Å²) in [6.45, 7) is 3.33. The van der Waals surface area contributed by atoms with E-state index in [1.807, 2.05) is 0 Å². The number of hydrogen-bond acceptors (Lipinski definition) is 5. The normalized spacial score (nSPS) is 23.7. The van der Waals surface area contributed by atoms with Gasteiger partial charge in [-0.1, -0.05) is 0 Å². The molecule has 0 aromatic heterocycles. The molecule has 0 bridgehead atoms. The molecule has 0 spiro atoms. The maximum absolute atomic E-state index is 12.6. The van der Waals surface area contributed by atoms with E-state index in [0.717, 1.165) is 26.2 Å². The van der Waals surface area contributed by atoms with E-state index in [2.05, 4.69) is 10.2 Å². The number of amides is 2. The van der Waals surface area contributed by atoms with Gasteiger partial charge in [0, 0.05) is 26.2 Å². The van der Waals surface area contributed by atoms with Crippen molar-refractivity contribution >= 4 is 17.5 Å². The Balaban J connectivity index is 1.79. The van der Waals surface area contributed by atoms with Gasteiger partial charge in [0.05, 0.1) is 25.3 Å². The Bertz CT molecular complexity index is 538. The van der Waals surface area contributed by atoms with E-state index in [9.17, 15) is 9.59 Å². The van der Waals surface area contributed by atoms with Gasteiger partial charge in [0.2, 0.25) is 5.91 Å². The molecule has 1 unspecified atom stereocenters. The number of rotatable bonds is 3. The fourth-order valence-corrected chi connectivity index (χ4v) is 2.90. The van der Waals surface area contributed by atoms with Crippen LogP contribution in [0.1, 0.15) is 6.42 Å². The molecule has 0 aliphatic carbocycles. The summed E-state index contributed by atoms with van der Waals surface area (Å²) in [6, 6.07) is 6.69. The minimum Gasteiger partial charge on any atom is -0.497 e. The molecule has 0 radical (unpaired) electrons. The number of nitrogens with one attached hydrogen (secondary N) is 1. The van der Waals surface area contributed by atoms with Crippen molar-refractivity contribution in [3.05, 3.63) is 24.3 Å². The summed E-state index contributed by atoms with van der Waals surface area (Å²) in [5.41, 5.74) is 0.614. The number of carbonyl (C=O) groups excluding carboxylic acids is 2. The zero-order valence-electron chi connectivity index (χ0n) is 12.0. The molecule has 0 saturated carbocycles. The van der Waals surface area contributed by atoms with Crippen molar-refractivity contribution in [3.8, 4) is 5.75 Å². The van der Waals surface area contributed by atoms with Crippen LogP contribution in [-0.4, -0.2) is 56.0 Å². The molecule has 1 aromatic carbocycles. The molecule has 2 amide bonds. The molecule has 2 aliphatic rings. The second-order valence-corrected chi connectivity index (χ2v) is 5.27. The van der Waals surface area contributed by atoms with Crippen molar-refractivity contribution in [2.75, 3.05) is 38.2 Å². The minimum absolute atomic E-state index is 0.118. The average Bonchev–Trinajstić information content (AvgIpc) is 2.83. The van der Waals surface area contributed by atoms with Crippen LogP contribution in [-0.2, 0) is 9.59 Å². The molecule has 2 heterocycles. The smallest absolute Gasteiger partial charge is 0.251 e. The van der Waals surface area contributed by atoms with Crippen LogP contribution in [0.5, 0.6) is 5.75 Å². The Morgan fingerprint density at radius 3 is 2.43 bits per heavy atom. The predicted octanol–water partition coefficient (Wildman–Crippen LogP) is 0.232. The molecular formula is C15H19N3O3. The predicted molar refractivity (Wildman–Crippen MR) is 78.3 cm³/mol. The first-order valence-corrected chi connectivity index (χ1v) is 7.16. The number of hydrogen-bond donors (Lipinski definition) is 1. The fourth-order valence-electron chi connectivity index (χ4n) is 2.90. The molecule has 2 fully saturated rings. The van der Waals surface area contributed by atoms with Crippen LogP contribution in [0.4, 0.5) is 5.69 Å². The number of piperazine rings is 1. The average molecular weight is 289 g/mol. The van der Waals surface area contributed by atoms with Gasteiger partial charge in [0.1, 0.15) is 5.75 Å². The van der Waals surface area contributed by atoms with Gasteiger partial charge < -0.3 is 10.1 Å². The lowest BCUT2D eigenvalue weighted by atomic mass is 10.2. The van der Waals surface area contributed by atoms with Crippen LogP contribution in [0.2, 0.25) is 0 Å². The summed E-state index contributed by atoms with van der Waals surface area (Å²) in [4.78, 5) is 28.2. The maximum Gasteiger partial charge on any atom is 0.251 e. The summed E-state index contributed by atoms with van der Waals surface area (Å²) in [5.74, 6) is 0.456. The molecule has 2 saturated heterocycles. The second-order valence-electron chi connectivity index (χ2n) is 5.27. The Kier molecular flexibility index (Phi) is 3.90. The number of methoxy groups -OCH3 is 1. The molecule has 2 aliphatic heterocycles. The number of ether oxygens (including phenoxy) is 1. The standard InChI is InChI=1S/C15H19N3O3/c1-21-12-4-2-11(3-5-12)18-14(19)10-13(15(18)20)17-8-6-16-7-9-17/h2-5,13,16H,6-10H2,1H3. The van der Waals surface area contributed by atoms with E-state index in [1.54, 1.807) is 31.4 Å². The first kappa shape index (κ1) is 14.0. The van der Waals surface area contributed by atoms with Crippen LogP contribution in [0.15, 0.2) is 24.3 Å². The number of benzene rings is 1. The molecule has 1 aromatic rings. The second kappa shape index (κ2) is 5.83. The van der Waals surface area contributed by atoms with Crippen molar-refractivity contribution in [3.63, 3.8) is 0 Å². The highest BCUT2D eigenvalue weighted by molar-refractivity contribution is 6.22. The fraction of sp³-hybridized carbons (Fsp3) is 0.467.